The van der Waals surface area contributed by atoms with Crippen LogP contribution < -0.4 is 112 Å². The molecule has 0 radical (unpaired) electrons. The van der Waals surface area contributed by atoms with E-state index >= 15 is 0 Å². The lowest BCUT2D eigenvalue weighted by molar-refractivity contribution is -0.124. The predicted molar refractivity (Wildman–Crippen MR) is 396 cm³/mol. The highest BCUT2D eigenvalue weighted by atomic mass is 16.2. The number of nitrogens with two attached hydrogens (primary N) is 13. The summed E-state index contributed by atoms with van der Waals surface area (Å²) >= 11 is 0. The maximum Gasteiger partial charge on any atom is 0.222 e. The quantitative estimate of drug-likeness (QED) is 0.0408. The summed E-state index contributed by atoms with van der Waals surface area (Å²) < 4.78 is 0. The number of carbonyl (C=O) groups excluding carboxylic acids is 7. The molecule has 0 aromatic rings. The Bertz CT molecular complexity index is 1770. The monoisotopic (exact) mass is 1360 g/mol. The van der Waals surface area contributed by atoms with Gasteiger partial charge in [-0.05, 0) is 153 Å². The van der Waals surface area contributed by atoms with E-state index in [-0.39, 0.29) is 119 Å². The van der Waals surface area contributed by atoms with Gasteiger partial charge in [-0.3, -0.25) is 33.6 Å². The summed E-state index contributed by atoms with van der Waals surface area (Å²) in [6.07, 6.45) is 13.9. The van der Waals surface area contributed by atoms with Crippen molar-refractivity contribution in [3.8, 4) is 0 Å². The molecule has 0 saturated heterocycles. The van der Waals surface area contributed by atoms with E-state index in [2.05, 4.69) is 51.1 Å². The lowest BCUT2D eigenvalue weighted by Gasteiger charge is -2.19. The molecule has 0 aliphatic heterocycles. The van der Waals surface area contributed by atoms with Gasteiger partial charge in [0.25, 0.3) is 0 Å². The summed E-state index contributed by atoms with van der Waals surface area (Å²) in [5, 5.41) is 19.7. The maximum absolute atomic E-state index is 11.3. The van der Waals surface area contributed by atoms with Crippen LogP contribution in [-0.4, -0.2) is 169 Å². The van der Waals surface area contributed by atoms with Crippen LogP contribution in [0.15, 0.2) is 0 Å². The summed E-state index contributed by atoms with van der Waals surface area (Å²) in [4.78, 5) is 78.3. The van der Waals surface area contributed by atoms with Crippen molar-refractivity contribution in [2.75, 3.05) is 85.1 Å². The average molecular weight is 1360 g/mol. The Kier molecular flexibility index (Phi) is 71.8. The van der Waals surface area contributed by atoms with E-state index < -0.39 is 0 Å². The topological polar surface area (TPSA) is 542 Å². The second-order valence-corrected chi connectivity index (χ2v) is 27.9. The number of hydrogen-bond acceptors (Lipinski definition) is 20. The van der Waals surface area contributed by atoms with Gasteiger partial charge in [0.2, 0.25) is 41.4 Å². The van der Waals surface area contributed by atoms with Gasteiger partial charge in [-0.2, -0.15) is 0 Å². The molecular formula is C68H154N20O7. The lowest BCUT2D eigenvalue weighted by atomic mass is 9.98. The molecule has 1 rings (SSSR count). The van der Waals surface area contributed by atoms with Crippen LogP contribution in [0.2, 0.25) is 0 Å². The summed E-state index contributed by atoms with van der Waals surface area (Å²) in [7, 11) is 0. The Labute approximate surface area is 578 Å². The Morgan fingerprint density at radius 1 is 0.326 bits per heavy atom. The zero-order valence-electron chi connectivity index (χ0n) is 63.0. The normalized spacial score (nSPS) is 15.4. The van der Waals surface area contributed by atoms with Gasteiger partial charge in [-0.25, -0.2) is 0 Å². The molecule has 95 heavy (non-hydrogen) atoms. The van der Waals surface area contributed by atoms with Crippen LogP contribution in [0.1, 0.15) is 207 Å². The Hall–Kier alpha value is -4.23. The van der Waals surface area contributed by atoms with E-state index in [1.807, 2.05) is 96.9 Å². The van der Waals surface area contributed by atoms with Crippen LogP contribution in [0, 0.1) is 59.2 Å². The molecule has 568 valence electrons. The molecule has 0 bridgehead atoms. The lowest BCUT2D eigenvalue weighted by Crippen LogP contribution is -2.40. The third-order valence-electron chi connectivity index (χ3n) is 14.9. The molecule has 9 atom stereocenters. The zero-order valence-corrected chi connectivity index (χ0v) is 63.0. The van der Waals surface area contributed by atoms with Crippen LogP contribution in [-0.2, 0) is 33.6 Å². The molecule has 7 amide bonds. The van der Waals surface area contributed by atoms with Crippen molar-refractivity contribution < 1.29 is 33.6 Å². The highest BCUT2D eigenvalue weighted by molar-refractivity contribution is 5.80. The number of carbonyl (C=O) groups is 7. The second kappa shape index (κ2) is 67.0. The Balaban J connectivity index is -0.000000244. The minimum absolute atomic E-state index is 0.00694. The van der Waals surface area contributed by atoms with Gasteiger partial charge >= 0.3 is 0 Å². The van der Waals surface area contributed by atoms with Gasteiger partial charge < -0.3 is 112 Å². The number of amides is 7. The summed E-state index contributed by atoms with van der Waals surface area (Å²) in [5.74, 6) is 2.99. The Morgan fingerprint density at radius 3 is 0.832 bits per heavy atom. The van der Waals surface area contributed by atoms with Gasteiger partial charge in [-0.15, -0.1) is 0 Å². The first-order chi connectivity index (χ1) is 44.3. The van der Waals surface area contributed by atoms with Gasteiger partial charge in [0, 0.05) is 130 Å². The highest BCUT2D eigenvalue weighted by Crippen LogP contribution is 2.29. The third kappa shape index (κ3) is 72.3. The molecule has 1 aliphatic rings. The molecule has 0 spiro atoms. The van der Waals surface area contributed by atoms with E-state index in [0.717, 1.165) is 83.7 Å². The van der Waals surface area contributed by atoms with E-state index in [1.54, 1.807) is 0 Å². The number of nitrogens with one attached hydrogen (secondary N) is 7. The summed E-state index contributed by atoms with van der Waals surface area (Å²) in [6.45, 7) is 38.8. The molecule has 1 saturated carbocycles. The second-order valence-electron chi connectivity index (χ2n) is 27.9. The van der Waals surface area contributed by atoms with E-state index in [4.69, 9.17) is 74.5 Å². The first-order valence-corrected chi connectivity index (χ1v) is 35.8. The minimum atomic E-state index is -0.0160. The fourth-order valence-electron chi connectivity index (χ4n) is 7.98. The smallest absolute Gasteiger partial charge is 0.222 e. The molecule has 27 nitrogen and oxygen atoms in total. The van der Waals surface area contributed by atoms with Crippen molar-refractivity contribution >= 4 is 41.4 Å². The fourth-order valence-corrected chi connectivity index (χ4v) is 7.98. The zero-order chi connectivity index (χ0) is 74.6. The Morgan fingerprint density at radius 2 is 0.589 bits per heavy atom. The van der Waals surface area contributed by atoms with Crippen molar-refractivity contribution in [3.63, 3.8) is 0 Å². The fraction of sp³-hybridized carbons (Fsp3) is 0.897. The van der Waals surface area contributed by atoms with Crippen LogP contribution >= 0.6 is 0 Å². The van der Waals surface area contributed by atoms with Crippen LogP contribution in [0.5, 0.6) is 0 Å². The van der Waals surface area contributed by atoms with Crippen molar-refractivity contribution in [1.29, 1.82) is 0 Å². The molecule has 1 fully saturated rings. The minimum Gasteiger partial charge on any atom is -0.356 e. The molecule has 1 unspecified atom stereocenters. The number of hydrogen-bond donors (Lipinski definition) is 20. The van der Waals surface area contributed by atoms with Gasteiger partial charge in [0.15, 0.2) is 0 Å². The SMILES string of the molecule is CC(C)C(=O)NC[C@@H](N)CCC(N)C(C)C.CC(C)C(=O)NC[C@@H](N)CCCN.CC(C)C(=O)NC[C@@H](N)CCN.CC(C)C(=O)NC[C@H](N)CCCN.CC(C)C(=O)NC[C@H](N)CCCN.CC(C)C(=O)NC[C@H]1CC[C@@H](CN)C1.CC(C)CC(=O)NC[C@@H](N)CCCN. The van der Waals surface area contributed by atoms with Crippen LogP contribution in [0.3, 0.4) is 0 Å². The van der Waals surface area contributed by atoms with Gasteiger partial charge in [-0.1, -0.05) is 111 Å². The molecule has 0 heterocycles. The largest absolute Gasteiger partial charge is 0.356 e. The molecular weight excluding hydrogens is 1210 g/mol. The van der Waals surface area contributed by atoms with Crippen LogP contribution in [0.4, 0.5) is 0 Å². The van der Waals surface area contributed by atoms with Crippen molar-refractivity contribution in [2.45, 2.75) is 249 Å². The van der Waals surface area contributed by atoms with E-state index in [0.29, 0.717) is 102 Å². The first-order valence-electron chi connectivity index (χ1n) is 35.8. The van der Waals surface area contributed by atoms with Crippen molar-refractivity contribution in [3.05, 3.63) is 0 Å². The maximum atomic E-state index is 11.3. The molecule has 0 aromatic carbocycles. The molecule has 1 aliphatic carbocycles. The summed E-state index contributed by atoms with van der Waals surface area (Å²) in [6, 6.07) is 0.329. The highest BCUT2D eigenvalue weighted by Gasteiger charge is 2.24. The van der Waals surface area contributed by atoms with E-state index in [1.165, 1.54) is 19.3 Å². The third-order valence-corrected chi connectivity index (χ3v) is 14.9. The standard InChI is InChI=1S/C12H27N3O.C11H22N2O.C10H23N3O.3C9H21N3O.C8H19N3O/c1-8(2)11(14)6-5-10(13)7-15-12(16)9(3)4;1-8(2)11(14)13-7-10-4-3-9(5-10)6-12;1-8(2)6-10(14)13-7-9(12)4-3-5-11;3*1-7(2)9(13)12-6-8(11)4-3-5-10;1-6(2)8(12)11-5-7(10)3-4-9/h8-11H,5-7,13-14H2,1-4H3,(H,15,16);8-10H,3-7,12H2,1-2H3,(H,13,14);8-9H,3-7,11-12H2,1-2H3,(H,13,14);3*7-8H,3-6,10-11H2,1-2H3,(H,12,13);6-7H,3-5,9-10H2,1-2H3,(H,11,12)/t10-,11?;9-,10+;9-;3*8-;7-/m0101100/s1. The summed E-state index contributed by atoms with van der Waals surface area (Å²) in [5.41, 5.74) is 72.7. The predicted octanol–water partition coefficient (Wildman–Crippen LogP) is 1.11. The average Bonchev–Trinajstić information content (AvgIpc) is 1.95. The van der Waals surface area contributed by atoms with Crippen molar-refractivity contribution in [1.82, 2.24) is 37.2 Å². The van der Waals surface area contributed by atoms with Gasteiger partial charge in [0.1, 0.15) is 0 Å². The van der Waals surface area contributed by atoms with Gasteiger partial charge in [0.05, 0.1) is 0 Å². The molecule has 0 aromatic heterocycles. The molecule has 33 N–H and O–H groups in total. The van der Waals surface area contributed by atoms with Crippen LogP contribution in [0.25, 0.3) is 0 Å². The van der Waals surface area contributed by atoms with Crippen molar-refractivity contribution in [2.24, 2.45) is 134 Å². The number of rotatable bonds is 41. The first kappa shape index (κ1) is 102. The van der Waals surface area contributed by atoms with E-state index in [9.17, 15) is 33.6 Å². The molecule has 27 heteroatoms.